The van der Waals surface area contributed by atoms with Crippen LogP contribution in [0.2, 0.25) is 0 Å². The summed E-state index contributed by atoms with van der Waals surface area (Å²) in [5, 5.41) is 23.0. The topological polar surface area (TPSA) is 95.9 Å². The first-order chi connectivity index (χ1) is 33.0. The van der Waals surface area contributed by atoms with Gasteiger partial charge in [0, 0.05) is 12.8 Å². The zero-order valence-electron chi connectivity index (χ0n) is 44.9. The number of carbonyl (C=O) groups excluding carboxylic acids is 2. The maximum absolute atomic E-state index is 12.4. The number of rotatable bonds is 55. The van der Waals surface area contributed by atoms with Crippen molar-refractivity contribution in [2.75, 3.05) is 13.2 Å². The average molecular weight is 943 g/mol. The van der Waals surface area contributed by atoms with Gasteiger partial charge in [-0.2, -0.15) is 0 Å². The van der Waals surface area contributed by atoms with E-state index in [0.29, 0.717) is 19.4 Å². The van der Waals surface area contributed by atoms with Gasteiger partial charge in [0.15, 0.2) is 0 Å². The number of unbranched alkanes of at least 4 members (excludes halogenated alkanes) is 40. The van der Waals surface area contributed by atoms with Crippen molar-refractivity contribution in [1.29, 1.82) is 0 Å². The van der Waals surface area contributed by atoms with Gasteiger partial charge < -0.3 is 20.3 Å². The van der Waals surface area contributed by atoms with Crippen LogP contribution in [0, 0.1) is 0 Å². The van der Waals surface area contributed by atoms with Crippen LogP contribution < -0.4 is 5.32 Å². The molecule has 0 saturated carbocycles. The van der Waals surface area contributed by atoms with Gasteiger partial charge in [0.05, 0.1) is 25.4 Å². The third-order valence-electron chi connectivity index (χ3n) is 13.7. The Morgan fingerprint density at radius 3 is 1.16 bits per heavy atom. The van der Waals surface area contributed by atoms with E-state index >= 15 is 0 Å². The SMILES string of the molecule is CCCCC/C=C\C/C=C\CCCCCCCCCC(=O)OCCCCCCCCCCCCCCCCCCCCCCCCCC(=O)NC(CO)C(O)/C=C/CCCCCCCCCC. The molecule has 0 rings (SSSR count). The monoisotopic (exact) mass is 942 g/mol. The fraction of sp³-hybridized carbons (Fsp3) is 0.869. The first-order valence-corrected chi connectivity index (χ1v) is 29.8. The van der Waals surface area contributed by atoms with Crippen LogP contribution in [-0.4, -0.2) is 47.4 Å². The van der Waals surface area contributed by atoms with Gasteiger partial charge in [0.25, 0.3) is 0 Å². The second kappa shape index (κ2) is 56.7. The number of esters is 1. The number of aliphatic hydroxyl groups excluding tert-OH is 2. The number of nitrogens with one attached hydrogen (secondary N) is 1. The van der Waals surface area contributed by atoms with Crippen LogP contribution in [0.4, 0.5) is 0 Å². The smallest absolute Gasteiger partial charge is 0.305 e. The standard InChI is InChI=1S/C61H115NO5/c1-3-5-7-9-11-13-15-16-17-25-29-32-35-39-43-47-51-55-61(66)67-56-52-48-44-40-36-33-30-27-24-22-20-18-19-21-23-26-28-31-34-38-42-46-50-54-60(65)62-58(57-63)59(64)53-49-45-41-37-14-12-10-8-6-4-2/h11,13,16-17,49,53,58-59,63-64H,3-10,12,14-15,18-48,50-52,54-57H2,1-2H3,(H,62,65)/b13-11-,17-16-,53-49+. The molecule has 394 valence electrons. The van der Waals surface area contributed by atoms with E-state index in [1.807, 2.05) is 6.08 Å². The second-order valence-electron chi connectivity index (χ2n) is 20.3. The minimum Gasteiger partial charge on any atom is -0.466 e. The maximum atomic E-state index is 12.4. The molecule has 6 nitrogen and oxygen atoms in total. The lowest BCUT2D eigenvalue weighted by Crippen LogP contribution is -2.45. The molecule has 0 bridgehead atoms. The van der Waals surface area contributed by atoms with E-state index in [9.17, 15) is 19.8 Å². The van der Waals surface area contributed by atoms with Gasteiger partial charge in [-0.25, -0.2) is 0 Å². The number of carbonyl (C=O) groups is 2. The molecular weight excluding hydrogens is 827 g/mol. The lowest BCUT2D eigenvalue weighted by atomic mass is 10.0. The summed E-state index contributed by atoms with van der Waals surface area (Å²) in [4.78, 5) is 24.5. The van der Waals surface area contributed by atoms with Crippen molar-refractivity contribution in [3.63, 3.8) is 0 Å². The maximum Gasteiger partial charge on any atom is 0.305 e. The minimum absolute atomic E-state index is 0.00583. The number of hydrogen-bond donors (Lipinski definition) is 3. The van der Waals surface area contributed by atoms with E-state index in [1.165, 1.54) is 238 Å². The molecule has 0 aromatic rings. The lowest BCUT2D eigenvalue weighted by Gasteiger charge is -2.20. The normalized spacial score (nSPS) is 12.8. The summed E-state index contributed by atoms with van der Waals surface area (Å²) in [6.45, 7) is 4.86. The van der Waals surface area contributed by atoms with Gasteiger partial charge in [-0.15, -0.1) is 0 Å². The van der Waals surface area contributed by atoms with Gasteiger partial charge >= 0.3 is 5.97 Å². The van der Waals surface area contributed by atoms with Crippen LogP contribution in [0.3, 0.4) is 0 Å². The number of hydrogen-bond acceptors (Lipinski definition) is 5. The van der Waals surface area contributed by atoms with Gasteiger partial charge in [-0.05, 0) is 64.2 Å². The zero-order chi connectivity index (χ0) is 48.6. The molecule has 6 heteroatoms. The number of amides is 1. The summed E-state index contributed by atoms with van der Waals surface area (Å²) in [5.41, 5.74) is 0. The summed E-state index contributed by atoms with van der Waals surface area (Å²) in [6.07, 6.45) is 70.4. The summed E-state index contributed by atoms with van der Waals surface area (Å²) < 4.78 is 5.49. The van der Waals surface area contributed by atoms with E-state index in [1.54, 1.807) is 6.08 Å². The number of ether oxygens (including phenoxy) is 1. The summed E-state index contributed by atoms with van der Waals surface area (Å²) in [7, 11) is 0. The summed E-state index contributed by atoms with van der Waals surface area (Å²) in [5.74, 6) is -0.0634. The highest BCUT2D eigenvalue weighted by atomic mass is 16.5. The third-order valence-corrected chi connectivity index (χ3v) is 13.7. The predicted octanol–water partition coefficient (Wildman–Crippen LogP) is 18.4. The second-order valence-corrected chi connectivity index (χ2v) is 20.3. The average Bonchev–Trinajstić information content (AvgIpc) is 3.33. The van der Waals surface area contributed by atoms with E-state index in [2.05, 4.69) is 43.5 Å². The summed E-state index contributed by atoms with van der Waals surface area (Å²) >= 11 is 0. The molecule has 2 atom stereocenters. The zero-order valence-corrected chi connectivity index (χ0v) is 44.9. The molecule has 0 aliphatic carbocycles. The van der Waals surface area contributed by atoms with E-state index in [4.69, 9.17) is 4.74 Å². The number of allylic oxidation sites excluding steroid dienone is 5. The quantitative estimate of drug-likeness (QED) is 0.0321. The Balaban J connectivity index is 3.36. The Hall–Kier alpha value is -1.92. The van der Waals surface area contributed by atoms with Crippen LogP contribution >= 0.6 is 0 Å². The van der Waals surface area contributed by atoms with Crippen molar-refractivity contribution in [2.24, 2.45) is 0 Å². The first kappa shape index (κ1) is 65.1. The van der Waals surface area contributed by atoms with Crippen LogP contribution in [0.25, 0.3) is 0 Å². The lowest BCUT2D eigenvalue weighted by molar-refractivity contribution is -0.143. The largest absolute Gasteiger partial charge is 0.466 e. The molecular formula is C61H115NO5. The first-order valence-electron chi connectivity index (χ1n) is 29.8. The Morgan fingerprint density at radius 1 is 0.418 bits per heavy atom. The van der Waals surface area contributed by atoms with Crippen LogP contribution in [0.15, 0.2) is 36.5 Å². The van der Waals surface area contributed by atoms with Gasteiger partial charge in [0.2, 0.25) is 5.91 Å². The molecule has 0 heterocycles. The highest BCUT2D eigenvalue weighted by Gasteiger charge is 2.18. The molecule has 0 radical (unpaired) electrons. The van der Waals surface area contributed by atoms with Crippen molar-refractivity contribution in [2.45, 2.75) is 328 Å². The molecule has 1 amide bonds. The van der Waals surface area contributed by atoms with Crippen molar-refractivity contribution in [1.82, 2.24) is 5.32 Å². The fourth-order valence-corrected chi connectivity index (χ4v) is 9.08. The third kappa shape index (κ3) is 53.3. The Morgan fingerprint density at radius 2 is 0.746 bits per heavy atom. The van der Waals surface area contributed by atoms with E-state index < -0.39 is 12.1 Å². The molecule has 3 N–H and O–H groups in total. The Kier molecular flexibility index (Phi) is 55.0. The van der Waals surface area contributed by atoms with E-state index in [0.717, 1.165) is 51.4 Å². The van der Waals surface area contributed by atoms with Crippen molar-refractivity contribution >= 4 is 11.9 Å². The van der Waals surface area contributed by atoms with Crippen molar-refractivity contribution < 1.29 is 24.5 Å². The van der Waals surface area contributed by atoms with Gasteiger partial charge in [-0.1, -0.05) is 275 Å². The Bertz CT molecular complexity index is 1090. The van der Waals surface area contributed by atoms with Gasteiger partial charge in [-0.3, -0.25) is 9.59 Å². The van der Waals surface area contributed by atoms with Crippen LogP contribution in [-0.2, 0) is 14.3 Å². The van der Waals surface area contributed by atoms with Gasteiger partial charge in [0.1, 0.15) is 0 Å². The summed E-state index contributed by atoms with van der Waals surface area (Å²) in [6, 6.07) is -0.626. The minimum atomic E-state index is -0.842. The molecule has 67 heavy (non-hydrogen) atoms. The molecule has 0 saturated heterocycles. The predicted molar refractivity (Wildman–Crippen MR) is 292 cm³/mol. The van der Waals surface area contributed by atoms with E-state index in [-0.39, 0.29) is 18.5 Å². The molecule has 0 spiro atoms. The van der Waals surface area contributed by atoms with Crippen molar-refractivity contribution in [3.8, 4) is 0 Å². The Labute approximate surface area is 417 Å². The molecule has 0 aliphatic heterocycles. The molecule has 2 unspecified atom stereocenters. The van der Waals surface area contributed by atoms with Crippen LogP contribution in [0.5, 0.6) is 0 Å². The molecule has 0 aliphatic rings. The molecule has 0 aromatic carbocycles. The molecule has 0 fully saturated rings. The van der Waals surface area contributed by atoms with Crippen molar-refractivity contribution in [3.05, 3.63) is 36.5 Å². The highest BCUT2D eigenvalue weighted by molar-refractivity contribution is 5.76. The molecule has 0 aromatic heterocycles. The highest BCUT2D eigenvalue weighted by Crippen LogP contribution is 2.17. The van der Waals surface area contributed by atoms with Crippen LogP contribution in [0.1, 0.15) is 316 Å². The number of aliphatic hydroxyl groups is 2. The fourth-order valence-electron chi connectivity index (χ4n) is 9.08.